The van der Waals surface area contributed by atoms with Crippen LogP contribution in [0, 0.1) is 0 Å². The molecule has 1 aromatic carbocycles. The lowest BCUT2D eigenvalue weighted by Crippen LogP contribution is -2.30. The molecule has 0 aliphatic carbocycles. The van der Waals surface area contributed by atoms with Crippen molar-refractivity contribution in [1.29, 1.82) is 0 Å². The quantitative estimate of drug-likeness (QED) is 0.490. The number of esters is 1. The third kappa shape index (κ3) is 4.34. The van der Waals surface area contributed by atoms with Crippen LogP contribution >= 0.6 is 11.3 Å². The van der Waals surface area contributed by atoms with E-state index in [0.29, 0.717) is 18.5 Å². The molecule has 134 valence electrons. The van der Waals surface area contributed by atoms with E-state index in [-0.39, 0.29) is 18.1 Å². The van der Waals surface area contributed by atoms with Crippen molar-refractivity contribution in [3.05, 3.63) is 52.8 Å². The Kier molecular flexibility index (Phi) is 5.43. The second-order valence-corrected chi connectivity index (χ2v) is 6.72. The van der Waals surface area contributed by atoms with Gasteiger partial charge in [-0.05, 0) is 25.1 Å². The van der Waals surface area contributed by atoms with E-state index in [4.69, 9.17) is 4.74 Å². The van der Waals surface area contributed by atoms with Crippen LogP contribution in [0.3, 0.4) is 0 Å². The summed E-state index contributed by atoms with van der Waals surface area (Å²) in [5.41, 5.74) is 1.47. The van der Waals surface area contributed by atoms with Gasteiger partial charge in [0.15, 0.2) is 12.4 Å². The molecule has 0 atom stereocenters. The minimum absolute atomic E-state index is 0.137. The number of aromatic nitrogens is 2. The number of hydrogen-bond acceptors (Lipinski definition) is 6. The average Bonchev–Trinajstić information content (AvgIpc) is 3.26. The number of H-pyrrole nitrogens is 1. The van der Waals surface area contributed by atoms with Gasteiger partial charge in [-0.3, -0.25) is 9.59 Å². The number of hydrogen-bond donors (Lipinski definition) is 2. The monoisotopic (exact) mass is 371 g/mol. The highest BCUT2D eigenvalue weighted by Crippen LogP contribution is 2.21. The van der Waals surface area contributed by atoms with E-state index >= 15 is 0 Å². The zero-order chi connectivity index (χ0) is 18.5. The molecule has 0 saturated heterocycles. The number of fused-ring (bicyclic) bond motifs is 1. The highest BCUT2D eigenvalue weighted by Gasteiger charge is 2.13. The van der Waals surface area contributed by atoms with Crippen LogP contribution in [0.15, 0.2) is 36.5 Å². The molecule has 8 heteroatoms. The Bertz CT molecular complexity index is 927. The molecule has 2 heterocycles. The van der Waals surface area contributed by atoms with Gasteiger partial charge >= 0.3 is 5.97 Å². The van der Waals surface area contributed by atoms with Crippen LogP contribution in [0.5, 0.6) is 0 Å². The first-order chi connectivity index (χ1) is 12.5. The van der Waals surface area contributed by atoms with Crippen LogP contribution in [-0.4, -0.2) is 40.8 Å². The number of carbonyl (C=O) groups excluding carboxylic acids is 3. The summed E-state index contributed by atoms with van der Waals surface area (Å²) in [6.45, 7) is 1.43. The number of ether oxygens (including phenoxy) is 1. The zero-order valence-corrected chi connectivity index (χ0v) is 14.9. The van der Waals surface area contributed by atoms with Crippen LogP contribution in [0.2, 0.25) is 0 Å². The number of thiazole rings is 1. The van der Waals surface area contributed by atoms with Crippen molar-refractivity contribution in [2.75, 3.05) is 13.2 Å². The number of aromatic amines is 1. The SMILES string of the molecule is CC(=O)c1c[nH]c(C(=O)OCC(=O)NCCc2nc3ccccc3s2)c1. The summed E-state index contributed by atoms with van der Waals surface area (Å²) in [4.78, 5) is 42.0. The van der Waals surface area contributed by atoms with Gasteiger partial charge in [0.2, 0.25) is 0 Å². The summed E-state index contributed by atoms with van der Waals surface area (Å²) in [6, 6.07) is 9.25. The van der Waals surface area contributed by atoms with Gasteiger partial charge in [0.05, 0.1) is 15.2 Å². The van der Waals surface area contributed by atoms with E-state index in [9.17, 15) is 14.4 Å². The normalized spacial score (nSPS) is 10.7. The van der Waals surface area contributed by atoms with E-state index in [1.807, 2.05) is 24.3 Å². The number of benzene rings is 1. The molecule has 26 heavy (non-hydrogen) atoms. The van der Waals surface area contributed by atoms with E-state index in [0.717, 1.165) is 15.2 Å². The molecule has 0 radical (unpaired) electrons. The summed E-state index contributed by atoms with van der Waals surface area (Å²) in [6.07, 6.45) is 2.04. The fraction of sp³-hybridized carbons (Fsp3) is 0.222. The molecule has 7 nitrogen and oxygen atoms in total. The summed E-state index contributed by atoms with van der Waals surface area (Å²) in [5, 5.41) is 3.63. The standard InChI is InChI=1S/C18H17N3O4S/c1-11(22)12-8-14(20-9-12)18(24)25-10-16(23)19-7-6-17-21-13-4-2-3-5-15(13)26-17/h2-5,8-9,20H,6-7,10H2,1H3,(H,19,23). The van der Waals surface area contributed by atoms with Gasteiger partial charge in [-0.1, -0.05) is 12.1 Å². The van der Waals surface area contributed by atoms with Gasteiger partial charge in [0.25, 0.3) is 5.91 Å². The summed E-state index contributed by atoms with van der Waals surface area (Å²) < 4.78 is 6.04. The molecule has 0 saturated carbocycles. The lowest BCUT2D eigenvalue weighted by atomic mass is 10.2. The van der Waals surface area contributed by atoms with Gasteiger partial charge in [0.1, 0.15) is 5.69 Å². The maximum Gasteiger partial charge on any atom is 0.355 e. The smallest absolute Gasteiger partial charge is 0.355 e. The predicted octanol–water partition coefficient (Wildman–Crippen LogP) is 2.34. The van der Waals surface area contributed by atoms with Crippen LogP contribution in [0.25, 0.3) is 10.2 Å². The average molecular weight is 371 g/mol. The molecule has 2 N–H and O–H groups in total. The minimum Gasteiger partial charge on any atom is -0.451 e. The number of amides is 1. The van der Waals surface area contributed by atoms with Gasteiger partial charge in [-0.25, -0.2) is 9.78 Å². The summed E-state index contributed by atoms with van der Waals surface area (Å²) in [5.74, 6) is -1.23. The molecular weight excluding hydrogens is 354 g/mol. The molecule has 3 rings (SSSR count). The predicted molar refractivity (Wildman–Crippen MR) is 97.4 cm³/mol. The summed E-state index contributed by atoms with van der Waals surface area (Å²) in [7, 11) is 0. The third-order valence-electron chi connectivity index (χ3n) is 3.64. The lowest BCUT2D eigenvalue weighted by Gasteiger charge is -2.05. The Labute approximate surface area is 153 Å². The first-order valence-corrected chi connectivity index (χ1v) is 8.82. The largest absolute Gasteiger partial charge is 0.451 e. The Morgan fingerprint density at radius 2 is 2.08 bits per heavy atom. The Hall–Kier alpha value is -3.00. The molecule has 0 aliphatic heterocycles. The molecule has 2 aromatic heterocycles. The van der Waals surface area contributed by atoms with Gasteiger partial charge < -0.3 is 15.0 Å². The maximum absolute atomic E-state index is 11.8. The van der Waals surface area contributed by atoms with Crippen molar-refractivity contribution in [2.45, 2.75) is 13.3 Å². The second-order valence-electron chi connectivity index (χ2n) is 5.61. The highest BCUT2D eigenvalue weighted by molar-refractivity contribution is 7.18. The van der Waals surface area contributed by atoms with Crippen LogP contribution in [0.1, 0.15) is 32.8 Å². The van der Waals surface area contributed by atoms with Crippen LogP contribution < -0.4 is 5.32 Å². The maximum atomic E-state index is 11.8. The molecule has 0 unspecified atom stereocenters. The highest BCUT2D eigenvalue weighted by atomic mass is 32.1. The first-order valence-electron chi connectivity index (χ1n) is 8.00. The topological polar surface area (TPSA) is 101 Å². The first kappa shape index (κ1) is 17.8. The second kappa shape index (κ2) is 7.92. The van der Waals surface area contributed by atoms with E-state index in [1.54, 1.807) is 11.3 Å². The van der Waals surface area contributed by atoms with E-state index in [2.05, 4.69) is 15.3 Å². The van der Waals surface area contributed by atoms with Crippen LogP contribution in [-0.2, 0) is 16.0 Å². The number of nitrogens with one attached hydrogen (secondary N) is 2. The number of Topliss-reactive ketones (excluding diaryl/α,β-unsaturated/α-hetero) is 1. The van der Waals surface area contributed by atoms with Gasteiger partial charge in [-0.2, -0.15) is 0 Å². The minimum atomic E-state index is -0.682. The Morgan fingerprint density at radius 3 is 2.81 bits per heavy atom. The Morgan fingerprint density at radius 1 is 1.27 bits per heavy atom. The van der Waals surface area contributed by atoms with Crippen molar-refractivity contribution in [1.82, 2.24) is 15.3 Å². The third-order valence-corrected chi connectivity index (χ3v) is 4.74. The van der Waals surface area contributed by atoms with Crippen molar-refractivity contribution < 1.29 is 19.1 Å². The van der Waals surface area contributed by atoms with Gasteiger partial charge in [0, 0.05) is 24.7 Å². The zero-order valence-electron chi connectivity index (χ0n) is 14.1. The fourth-order valence-electron chi connectivity index (χ4n) is 2.31. The van der Waals surface area contributed by atoms with Gasteiger partial charge in [-0.15, -0.1) is 11.3 Å². The van der Waals surface area contributed by atoms with Crippen molar-refractivity contribution in [3.63, 3.8) is 0 Å². The van der Waals surface area contributed by atoms with Crippen LogP contribution in [0.4, 0.5) is 0 Å². The van der Waals surface area contributed by atoms with E-state index in [1.165, 1.54) is 19.2 Å². The number of ketones is 1. The number of para-hydroxylation sites is 1. The number of carbonyl (C=O) groups is 3. The van der Waals surface area contributed by atoms with Crippen molar-refractivity contribution >= 4 is 39.2 Å². The molecule has 0 spiro atoms. The number of nitrogens with zero attached hydrogens (tertiary/aromatic N) is 1. The summed E-state index contributed by atoms with van der Waals surface area (Å²) >= 11 is 1.59. The molecule has 1 amide bonds. The molecule has 3 aromatic rings. The fourth-order valence-corrected chi connectivity index (χ4v) is 3.28. The lowest BCUT2D eigenvalue weighted by molar-refractivity contribution is -0.124. The number of rotatable bonds is 7. The molecular formula is C18H17N3O4S. The van der Waals surface area contributed by atoms with Crippen molar-refractivity contribution in [3.8, 4) is 0 Å². The molecule has 0 aliphatic rings. The Balaban J connectivity index is 1.42. The van der Waals surface area contributed by atoms with E-state index < -0.39 is 11.9 Å². The molecule has 0 fully saturated rings. The van der Waals surface area contributed by atoms with Crippen molar-refractivity contribution in [2.24, 2.45) is 0 Å². The molecule has 0 bridgehead atoms.